The van der Waals surface area contributed by atoms with Gasteiger partial charge in [0.1, 0.15) is 37.7 Å². The van der Waals surface area contributed by atoms with Crippen molar-refractivity contribution in [2.24, 2.45) is 0 Å². The topological polar surface area (TPSA) is 54.1 Å². The number of ether oxygens (including phenoxy) is 2. The summed E-state index contributed by atoms with van der Waals surface area (Å²) in [5.41, 5.74) is -0.318. The first kappa shape index (κ1) is 37.4. The fraction of sp³-hybridized carbons (Fsp3) is 0.520. The molecular weight excluding hydrogens is 901 g/mol. The van der Waals surface area contributed by atoms with Crippen LogP contribution in [0.2, 0.25) is 51.4 Å². The zero-order valence-electron chi connectivity index (χ0n) is 23.7. The standard InChI is InChI=1S/C16H19Br2F3N2OSi.C9H15Br3N2OSi/c1-25(2,3)8-7-24-10-23-14(18)13(17)22-15(23)11-5-4-6-12(9-11)16(19,20)21;1-16(2,3)5-4-15-6-14-8(11)7(10)13-9(14)12/h4-6,9H,7-8,10H2,1-3H3;4-6H2,1-3H3. The Morgan fingerprint density at radius 2 is 1.24 bits per heavy atom. The first-order valence-electron chi connectivity index (χ1n) is 12.6. The van der Waals surface area contributed by atoms with E-state index in [4.69, 9.17) is 9.47 Å². The molecule has 0 N–H and O–H groups in total. The number of halogens is 8. The number of imidazole rings is 2. The molecule has 0 atom stereocenters. The fourth-order valence-corrected chi connectivity index (χ4v) is 7.06. The molecule has 3 rings (SSSR count). The molecule has 0 amide bonds. The average molecular weight is 935 g/mol. The molecule has 3 aromatic rings. The minimum absolute atomic E-state index is 0.218. The third-order valence-corrected chi connectivity index (χ3v) is 13.4. The molecular formula is C25H34Br5F3N4O2Si2. The quantitative estimate of drug-likeness (QED) is 0.142. The third kappa shape index (κ3) is 12.6. The van der Waals surface area contributed by atoms with Gasteiger partial charge in [-0.15, -0.1) is 0 Å². The summed E-state index contributed by atoms with van der Waals surface area (Å²) < 4.78 is 57.5. The normalized spacial score (nSPS) is 12.4. The number of rotatable bonds is 11. The molecule has 0 radical (unpaired) electrons. The lowest BCUT2D eigenvalue weighted by atomic mass is 10.1. The fourth-order valence-electron chi connectivity index (χ4n) is 3.13. The van der Waals surface area contributed by atoms with E-state index < -0.39 is 27.9 Å². The summed E-state index contributed by atoms with van der Waals surface area (Å²) in [6, 6.07) is 7.32. The Kier molecular flexibility index (Phi) is 14.5. The SMILES string of the molecule is C[Si](C)(C)CCOCn1c(-c2cccc(C(F)(F)F)c2)nc(Br)c1Br.C[Si](C)(C)CCOCn1c(Br)nc(Br)c1Br. The van der Waals surface area contributed by atoms with E-state index in [1.807, 2.05) is 4.57 Å². The zero-order chi connectivity index (χ0) is 31.2. The van der Waals surface area contributed by atoms with E-state index in [1.54, 1.807) is 10.6 Å². The third-order valence-electron chi connectivity index (χ3n) is 5.57. The molecule has 0 aliphatic carbocycles. The Labute approximate surface area is 283 Å². The van der Waals surface area contributed by atoms with Crippen molar-refractivity contribution in [3.63, 3.8) is 0 Å². The summed E-state index contributed by atoms with van der Waals surface area (Å²) in [7, 11) is -2.21. The highest BCUT2D eigenvalue weighted by atomic mass is 79.9. The molecule has 0 bridgehead atoms. The maximum Gasteiger partial charge on any atom is 0.416 e. The monoisotopic (exact) mass is 930 g/mol. The molecule has 0 saturated heterocycles. The van der Waals surface area contributed by atoms with Gasteiger partial charge in [-0.1, -0.05) is 51.4 Å². The predicted molar refractivity (Wildman–Crippen MR) is 182 cm³/mol. The van der Waals surface area contributed by atoms with Gasteiger partial charge < -0.3 is 9.47 Å². The van der Waals surface area contributed by atoms with E-state index in [9.17, 15) is 13.2 Å². The first-order valence-corrected chi connectivity index (χ1v) is 24.0. The number of hydrogen-bond donors (Lipinski definition) is 0. The highest BCUT2D eigenvalue weighted by Crippen LogP contribution is 2.34. The van der Waals surface area contributed by atoms with Gasteiger partial charge in [-0.25, -0.2) is 9.97 Å². The molecule has 0 aliphatic heterocycles. The lowest BCUT2D eigenvalue weighted by Gasteiger charge is -2.16. The summed E-state index contributed by atoms with van der Waals surface area (Å²) in [5, 5.41) is 0. The molecule has 0 saturated carbocycles. The van der Waals surface area contributed by atoms with Gasteiger partial charge in [-0.2, -0.15) is 13.2 Å². The van der Waals surface area contributed by atoms with Crippen LogP contribution in [0, 0.1) is 0 Å². The molecule has 6 nitrogen and oxygen atoms in total. The van der Waals surface area contributed by atoms with Crippen molar-refractivity contribution >= 4 is 95.8 Å². The van der Waals surface area contributed by atoms with Crippen molar-refractivity contribution in [1.82, 2.24) is 19.1 Å². The van der Waals surface area contributed by atoms with Crippen molar-refractivity contribution in [3.8, 4) is 11.4 Å². The maximum atomic E-state index is 13.0. The predicted octanol–water partition coefficient (Wildman–Crippen LogP) is 10.9. The van der Waals surface area contributed by atoms with Crippen LogP contribution in [0.25, 0.3) is 11.4 Å². The van der Waals surface area contributed by atoms with E-state index in [0.29, 0.717) is 33.9 Å². The van der Waals surface area contributed by atoms with Crippen LogP contribution >= 0.6 is 79.6 Å². The van der Waals surface area contributed by atoms with E-state index in [0.717, 1.165) is 38.7 Å². The summed E-state index contributed by atoms with van der Waals surface area (Å²) in [6.45, 7) is 16.0. The van der Waals surface area contributed by atoms with Crippen molar-refractivity contribution in [2.75, 3.05) is 13.2 Å². The molecule has 0 fully saturated rings. The van der Waals surface area contributed by atoms with E-state index >= 15 is 0 Å². The highest BCUT2D eigenvalue weighted by Gasteiger charge is 2.31. The average Bonchev–Trinajstić information content (AvgIpc) is 3.26. The molecule has 16 heteroatoms. The summed E-state index contributed by atoms with van der Waals surface area (Å²) >= 11 is 16.9. The smallest absolute Gasteiger partial charge is 0.361 e. The van der Waals surface area contributed by atoms with Crippen LogP contribution in [-0.2, 0) is 29.1 Å². The van der Waals surface area contributed by atoms with E-state index in [1.165, 1.54) is 12.1 Å². The van der Waals surface area contributed by atoms with Gasteiger partial charge in [0.2, 0.25) is 0 Å². The van der Waals surface area contributed by atoms with Crippen LogP contribution in [0.3, 0.4) is 0 Å². The van der Waals surface area contributed by atoms with Crippen molar-refractivity contribution in [2.45, 2.75) is 71.0 Å². The molecule has 1 aromatic carbocycles. The second-order valence-corrected chi connectivity index (χ2v) is 26.6. The van der Waals surface area contributed by atoms with Gasteiger partial charge in [-0.05, 0) is 104 Å². The molecule has 230 valence electrons. The number of benzene rings is 1. The Morgan fingerprint density at radius 1 is 0.756 bits per heavy atom. The van der Waals surface area contributed by atoms with Crippen molar-refractivity contribution < 1.29 is 22.6 Å². The van der Waals surface area contributed by atoms with Gasteiger partial charge in [0, 0.05) is 34.9 Å². The minimum Gasteiger partial charge on any atom is -0.361 e. The van der Waals surface area contributed by atoms with E-state index in [2.05, 4.69) is 129 Å². The Balaban J connectivity index is 0.000000317. The second kappa shape index (κ2) is 16.0. The molecule has 0 unspecified atom stereocenters. The molecule has 2 heterocycles. The molecule has 2 aromatic heterocycles. The number of nitrogens with zero attached hydrogens (tertiary/aromatic N) is 4. The van der Waals surface area contributed by atoms with Crippen LogP contribution in [0.5, 0.6) is 0 Å². The van der Waals surface area contributed by atoms with Crippen molar-refractivity contribution in [1.29, 1.82) is 0 Å². The first-order chi connectivity index (χ1) is 18.8. The molecule has 0 aliphatic rings. The minimum atomic E-state index is -4.39. The Morgan fingerprint density at radius 3 is 1.71 bits per heavy atom. The number of aromatic nitrogens is 4. The van der Waals surface area contributed by atoms with Crippen molar-refractivity contribution in [3.05, 3.63) is 53.0 Å². The van der Waals surface area contributed by atoms with Gasteiger partial charge in [-0.3, -0.25) is 9.13 Å². The van der Waals surface area contributed by atoms with Gasteiger partial charge >= 0.3 is 6.18 Å². The van der Waals surface area contributed by atoms with Crippen LogP contribution in [0.15, 0.2) is 47.4 Å². The second-order valence-electron chi connectivity index (χ2n) is 11.6. The highest BCUT2D eigenvalue weighted by molar-refractivity contribution is 9.13. The largest absolute Gasteiger partial charge is 0.416 e. The van der Waals surface area contributed by atoms with Gasteiger partial charge in [0.25, 0.3) is 0 Å². The van der Waals surface area contributed by atoms with E-state index in [-0.39, 0.29) is 6.73 Å². The molecule has 41 heavy (non-hydrogen) atoms. The van der Waals surface area contributed by atoms with Gasteiger partial charge in [0.05, 0.1) is 5.56 Å². The zero-order valence-corrected chi connectivity index (χ0v) is 33.6. The summed E-state index contributed by atoms with van der Waals surface area (Å²) in [4.78, 5) is 8.54. The lowest BCUT2D eigenvalue weighted by molar-refractivity contribution is -0.137. The van der Waals surface area contributed by atoms with Crippen LogP contribution in [0.4, 0.5) is 13.2 Å². The van der Waals surface area contributed by atoms with Crippen LogP contribution in [-0.4, -0.2) is 48.5 Å². The Hall–Kier alpha value is 0.184. The van der Waals surface area contributed by atoms with Gasteiger partial charge in [0.15, 0.2) is 4.73 Å². The van der Waals surface area contributed by atoms with Crippen LogP contribution < -0.4 is 0 Å². The molecule has 0 spiro atoms. The Bertz CT molecular complexity index is 1290. The number of alkyl halides is 3. The number of hydrogen-bond acceptors (Lipinski definition) is 4. The summed E-state index contributed by atoms with van der Waals surface area (Å²) in [5.74, 6) is 0.415. The maximum absolute atomic E-state index is 13.0. The summed E-state index contributed by atoms with van der Waals surface area (Å²) in [6.07, 6.45) is -4.39. The van der Waals surface area contributed by atoms with Crippen LogP contribution in [0.1, 0.15) is 5.56 Å². The lowest BCUT2D eigenvalue weighted by Crippen LogP contribution is -2.22.